The van der Waals surface area contributed by atoms with Crippen LogP contribution in [0.3, 0.4) is 0 Å². The molecule has 0 saturated heterocycles. The number of rotatable bonds is 17. The smallest absolute Gasteiger partial charge is 0.130 e. The molecule has 4 rings (SSSR count). The van der Waals surface area contributed by atoms with Gasteiger partial charge < -0.3 is 28.4 Å². The fraction of sp³-hybridized carbons (Fsp3) is 0.357. The van der Waals surface area contributed by atoms with Crippen molar-refractivity contribution in [3.63, 3.8) is 0 Å². The summed E-state index contributed by atoms with van der Waals surface area (Å²) in [7, 11) is 0. The van der Waals surface area contributed by atoms with Gasteiger partial charge in [0, 0.05) is 23.2 Å². The molecule has 0 spiro atoms. The Bertz CT molecular complexity index is 1080. The third kappa shape index (κ3) is 8.13. The van der Waals surface area contributed by atoms with Crippen molar-refractivity contribution in [1.82, 2.24) is 9.97 Å². The fourth-order valence-electron chi connectivity index (χ4n) is 3.57. The molecule has 0 aliphatic carbocycles. The minimum atomic E-state index is 0.474. The fourth-order valence-corrected chi connectivity index (χ4v) is 3.57. The first kappa shape index (κ1) is 25.8. The summed E-state index contributed by atoms with van der Waals surface area (Å²) < 4.78 is 33.8. The second-order valence-electron chi connectivity index (χ2n) is 7.80. The van der Waals surface area contributed by atoms with Crippen molar-refractivity contribution < 1.29 is 28.4 Å². The van der Waals surface area contributed by atoms with E-state index < -0.39 is 0 Å². The van der Waals surface area contributed by atoms with Crippen molar-refractivity contribution >= 4 is 21.8 Å². The number of para-hydroxylation sites is 2. The molecular weight excluding hydrogens is 460 g/mol. The average Bonchev–Trinajstić information content (AvgIpc) is 2.93. The monoisotopic (exact) mass is 492 g/mol. The van der Waals surface area contributed by atoms with Crippen LogP contribution in [0.5, 0.6) is 11.5 Å². The van der Waals surface area contributed by atoms with Crippen molar-refractivity contribution in [2.45, 2.75) is 0 Å². The van der Waals surface area contributed by atoms with Gasteiger partial charge in [-0.3, -0.25) is 9.97 Å². The zero-order chi connectivity index (χ0) is 24.7. The summed E-state index contributed by atoms with van der Waals surface area (Å²) in [6, 6.07) is 19.6. The lowest BCUT2D eigenvalue weighted by molar-refractivity contribution is -0.00691. The number of nitrogens with zero attached hydrogens (tertiary/aromatic N) is 2. The van der Waals surface area contributed by atoms with Gasteiger partial charge in [0.2, 0.25) is 0 Å². The molecule has 2 heterocycles. The van der Waals surface area contributed by atoms with E-state index in [1.165, 1.54) is 0 Å². The lowest BCUT2D eigenvalue weighted by Gasteiger charge is -2.10. The topological polar surface area (TPSA) is 81.2 Å². The van der Waals surface area contributed by atoms with E-state index in [1.54, 1.807) is 12.4 Å². The van der Waals surface area contributed by atoms with Crippen LogP contribution >= 0.6 is 0 Å². The summed E-state index contributed by atoms with van der Waals surface area (Å²) in [6.45, 7) is 5.01. The van der Waals surface area contributed by atoms with Gasteiger partial charge in [-0.1, -0.05) is 24.3 Å². The van der Waals surface area contributed by atoms with Crippen molar-refractivity contribution in [1.29, 1.82) is 0 Å². The van der Waals surface area contributed by atoms with Crippen LogP contribution in [-0.2, 0) is 18.9 Å². The van der Waals surface area contributed by atoms with E-state index in [1.807, 2.05) is 60.7 Å². The SMILES string of the molecule is c1ccc2c(OCCOCCOCCOCCOCCOc3ccnc4ccccc34)ccnc2c1. The Balaban J connectivity index is 0.932. The molecule has 36 heavy (non-hydrogen) atoms. The second kappa shape index (κ2) is 15.0. The van der Waals surface area contributed by atoms with Gasteiger partial charge in [0.1, 0.15) is 24.7 Å². The molecule has 8 heteroatoms. The first-order valence-electron chi connectivity index (χ1n) is 12.2. The van der Waals surface area contributed by atoms with Crippen LogP contribution in [0.15, 0.2) is 73.1 Å². The Morgan fingerprint density at radius 2 is 0.778 bits per heavy atom. The Hall–Kier alpha value is -3.30. The molecule has 0 radical (unpaired) electrons. The van der Waals surface area contributed by atoms with Crippen LogP contribution in [0.2, 0.25) is 0 Å². The van der Waals surface area contributed by atoms with Gasteiger partial charge >= 0.3 is 0 Å². The zero-order valence-corrected chi connectivity index (χ0v) is 20.3. The quantitative estimate of drug-likeness (QED) is 0.202. The molecule has 0 unspecified atom stereocenters. The van der Waals surface area contributed by atoms with Gasteiger partial charge in [0.25, 0.3) is 0 Å². The summed E-state index contributed by atoms with van der Waals surface area (Å²) in [6.07, 6.45) is 3.50. The Morgan fingerprint density at radius 3 is 1.19 bits per heavy atom. The van der Waals surface area contributed by atoms with Crippen LogP contribution in [0.1, 0.15) is 0 Å². The minimum Gasteiger partial charge on any atom is -0.490 e. The number of pyridine rings is 2. The van der Waals surface area contributed by atoms with Crippen LogP contribution in [0, 0.1) is 0 Å². The van der Waals surface area contributed by atoms with Gasteiger partial charge in [0.05, 0.1) is 63.9 Å². The highest BCUT2D eigenvalue weighted by atomic mass is 16.6. The maximum Gasteiger partial charge on any atom is 0.130 e. The lowest BCUT2D eigenvalue weighted by Crippen LogP contribution is -2.14. The molecule has 0 bridgehead atoms. The maximum absolute atomic E-state index is 5.82. The van der Waals surface area contributed by atoms with E-state index in [-0.39, 0.29) is 0 Å². The second-order valence-corrected chi connectivity index (χ2v) is 7.80. The highest BCUT2D eigenvalue weighted by molar-refractivity contribution is 5.85. The molecule has 4 aromatic rings. The third-order valence-electron chi connectivity index (χ3n) is 5.30. The number of ether oxygens (including phenoxy) is 6. The summed E-state index contributed by atoms with van der Waals surface area (Å²) >= 11 is 0. The van der Waals surface area contributed by atoms with Gasteiger partial charge in [-0.2, -0.15) is 0 Å². The molecule has 0 N–H and O–H groups in total. The van der Waals surface area contributed by atoms with E-state index in [0.717, 1.165) is 33.3 Å². The molecule has 0 aliphatic heterocycles. The van der Waals surface area contributed by atoms with Crippen molar-refractivity contribution in [2.24, 2.45) is 0 Å². The number of hydrogen-bond donors (Lipinski definition) is 0. The molecule has 0 amide bonds. The number of aromatic nitrogens is 2. The van der Waals surface area contributed by atoms with Crippen molar-refractivity contribution in [3.05, 3.63) is 73.1 Å². The van der Waals surface area contributed by atoms with Crippen LogP contribution in [-0.4, -0.2) is 76.0 Å². The Morgan fingerprint density at radius 1 is 0.417 bits per heavy atom. The molecule has 0 aliphatic rings. The molecule has 0 atom stereocenters. The number of fused-ring (bicyclic) bond motifs is 2. The summed E-state index contributed by atoms with van der Waals surface area (Å²) in [5.41, 5.74) is 1.84. The predicted molar refractivity (Wildman–Crippen MR) is 138 cm³/mol. The normalized spacial score (nSPS) is 11.2. The molecular formula is C28H32N2O6. The third-order valence-corrected chi connectivity index (χ3v) is 5.30. The lowest BCUT2D eigenvalue weighted by atomic mass is 10.2. The van der Waals surface area contributed by atoms with Gasteiger partial charge in [-0.05, 0) is 36.4 Å². The molecule has 0 saturated carbocycles. The van der Waals surface area contributed by atoms with E-state index in [4.69, 9.17) is 28.4 Å². The standard InChI is InChI=1S/C28H32N2O6/c1-3-7-25-23(5-1)27(9-11-29-25)35-21-19-33-17-15-31-13-14-32-16-18-34-20-22-36-28-10-12-30-26-8-4-2-6-24(26)28/h1-12H,13-22H2. The van der Waals surface area contributed by atoms with Crippen LogP contribution in [0.4, 0.5) is 0 Å². The Kier molecular flexibility index (Phi) is 10.7. The molecule has 2 aromatic carbocycles. The zero-order valence-electron chi connectivity index (χ0n) is 20.3. The average molecular weight is 493 g/mol. The van der Waals surface area contributed by atoms with E-state index in [9.17, 15) is 0 Å². The van der Waals surface area contributed by atoms with Gasteiger partial charge in [0.15, 0.2) is 0 Å². The summed E-state index contributed by atoms with van der Waals surface area (Å²) in [5, 5.41) is 2.00. The largest absolute Gasteiger partial charge is 0.490 e. The number of hydrogen-bond acceptors (Lipinski definition) is 8. The van der Waals surface area contributed by atoms with Crippen LogP contribution < -0.4 is 9.47 Å². The Labute approximate surface area is 211 Å². The van der Waals surface area contributed by atoms with E-state index in [2.05, 4.69) is 9.97 Å². The molecule has 8 nitrogen and oxygen atoms in total. The molecule has 190 valence electrons. The van der Waals surface area contributed by atoms with E-state index >= 15 is 0 Å². The molecule has 0 fully saturated rings. The van der Waals surface area contributed by atoms with Gasteiger partial charge in [-0.15, -0.1) is 0 Å². The summed E-state index contributed by atoms with van der Waals surface area (Å²) in [4.78, 5) is 8.66. The van der Waals surface area contributed by atoms with Crippen LogP contribution in [0.25, 0.3) is 21.8 Å². The van der Waals surface area contributed by atoms with Crippen molar-refractivity contribution in [2.75, 3.05) is 66.1 Å². The predicted octanol–water partition coefficient (Wildman–Crippen LogP) is 4.31. The first-order chi connectivity index (χ1) is 17.9. The maximum atomic E-state index is 5.82. The highest BCUT2D eigenvalue weighted by Gasteiger charge is 2.03. The highest BCUT2D eigenvalue weighted by Crippen LogP contribution is 2.24. The molecule has 2 aromatic heterocycles. The first-order valence-corrected chi connectivity index (χ1v) is 12.2. The summed E-state index contributed by atoms with van der Waals surface area (Å²) in [5.74, 6) is 1.63. The number of benzene rings is 2. The van der Waals surface area contributed by atoms with Crippen molar-refractivity contribution in [3.8, 4) is 11.5 Å². The van der Waals surface area contributed by atoms with E-state index in [0.29, 0.717) is 66.1 Å². The van der Waals surface area contributed by atoms with Gasteiger partial charge in [-0.25, -0.2) is 0 Å². The minimum absolute atomic E-state index is 0.474.